The van der Waals surface area contributed by atoms with Gasteiger partial charge in [0.2, 0.25) is 15.8 Å². The van der Waals surface area contributed by atoms with Crippen LogP contribution in [0.4, 0.5) is 0 Å². The first-order chi connectivity index (χ1) is 11.9. The van der Waals surface area contributed by atoms with Crippen molar-refractivity contribution < 1.29 is 22.4 Å². The third-order valence-corrected chi connectivity index (χ3v) is 6.45. The van der Waals surface area contributed by atoms with E-state index >= 15 is 0 Å². The topological polar surface area (TPSA) is 103 Å². The number of halogens is 1. The van der Waals surface area contributed by atoms with Crippen LogP contribution in [-0.4, -0.2) is 44.9 Å². The summed E-state index contributed by atoms with van der Waals surface area (Å²) in [6.45, 7) is 5.07. The van der Waals surface area contributed by atoms with Crippen LogP contribution in [0.3, 0.4) is 0 Å². The molecule has 0 bridgehead atoms. The van der Waals surface area contributed by atoms with Gasteiger partial charge in [-0.1, -0.05) is 0 Å². The molecule has 0 amide bonds. The molecule has 7 nitrogen and oxygen atoms in total. The second-order valence-corrected chi connectivity index (χ2v) is 8.13. The molecule has 1 saturated heterocycles. The van der Waals surface area contributed by atoms with Gasteiger partial charge in [0.1, 0.15) is 5.58 Å². The zero-order valence-corrected chi connectivity index (χ0v) is 16.4. The molecule has 144 valence electrons. The van der Waals surface area contributed by atoms with Crippen LogP contribution in [0.2, 0.25) is 0 Å². The van der Waals surface area contributed by atoms with Gasteiger partial charge in [0.15, 0.2) is 0 Å². The molecule has 1 atom stereocenters. The predicted molar refractivity (Wildman–Crippen MR) is 100 cm³/mol. The number of nitrogens with zero attached hydrogens (tertiary/aromatic N) is 1. The first-order valence-corrected chi connectivity index (χ1v) is 9.73. The molecular weight excluding hydrogens is 380 g/mol. The van der Waals surface area contributed by atoms with Gasteiger partial charge in [0.25, 0.3) is 0 Å². The smallest absolute Gasteiger partial charge is 0.374 e. The number of ether oxygens (including phenoxy) is 1. The number of benzene rings is 1. The molecule has 0 spiro atoms. The van der Waals surface area contributed by atoms with Crippen LogP contribution in [0.1, 0.15) is 29.5 Å². The number of esters is 1. The van der Waals surface area contributed by atoms with Crippen LogP contribution in [0, 0.1) is 12.8 Å². The van der Waals surface area contributed by atoms with Gasteiger partial charge >= 0.3 is 5.97 Å². The summed E-state index contributed by atoms with van der Waals surface area (Å²) in [6, 6.07) is 4.64. The summed E-state index contributed by atoms with van der Waals surface area (Å²) < 4.78 is 37.7. The Morgan fingerprint density at radius 3 is 2.77 bits per heavy atom. The van der Waals surface area contributed by atoms with Gasteiger partial charge in [-0.25, -0.2) is 13.2 Å². The molecule has 0 radical (unpaired) electrons. The monoisotopic (exact) mass is 402 g/mol. The SMILES string of the molecule is CCOC(=O)c1oc2ccc(S(=O)(=O)N3CCC(CN)C3)cc2c1C.Cl. The standard InChI is InChI=1S/C17H22N2O5S.ClH/c1-3-23-17(20)16-11(2)14-8-13(4-5-15(14)24-16)25(21,22)19-7-6-12(9-18)10-19;/h4-5,8,12H,3,6-7,9-10,18H2,1-2H3;1H. The number of carbonyl (C=O) groups excluding carboxylic acids is 1. The Balaban J connectivity index is 0.00000243. The minimum absolute atomic E-state index is 0. The Morgan fingerprint density at radius 1 is 1.42 bits per heavy atom. The first kappa shape index (κ1) is 20.7. The Hall–Kier alpha value is -1.61. The summed E-state index contributed by atoms with van der Waals surface area (Å²) in [5.74, 6) is -0.244. The Morgan fingerprint density at radius 2 is 2.15 bits per heavy atom. The van der Waals surface area contributed by atoms with Crippen LogP contribution < -0.4 is 5.73 Å². The number of hydrogen-bond donors (Lipinski definition) is 1. The minimum atomic E-state index is -3.59. The molecule has 1 unspecified atom stereocenters. The summed E-state index contributed by atoms with van der Waals surface area (Å²) in [4.78, 5) is 12.1. The summed E-state index contributed by atoms with van der Waals surface area (Å²) in [5, 5.41) is 0.596. The third kappa shape index (κ3) is 3.59. The molecule has 0 aliphatic carbocycles. The molecule has 1 aromatic heterocycles. The maximum absolute atomic E-state index is 12.9. The first-order valence-electron chi connectivity index (χ1n) is 8.29. The van der Waals surface area contributed by atoms with Crippen LogP contribution in [-0.2, 0) is 14.8 Å². The average molecular weight is 403 g/mol. The van der Waals surface area contributed by atoms with E-state index in [1.54, 1.807) is 26.0 Å². The van der Waals surface area contributed by atoms with Gasteiger partial charge in [-0.05, 0) is 50.9 Å². The second kappa shape index (κ2) is 7.96. The average Bonchev–Trinajstić information content (AvgIpc) is 3.20. The molecule has 9 heteroatoms. The molecule has 2 N–H and O–H groups in total. The van der Waals surface area contributed by atoms with E-state index in [0.717, 1.165) is 6.42 Å². The lowest BCUT2D eigenvalue weighted by Gasteiger charge is -2.16. The molecule has 1 aromatic carbocycles. The van der Waals surface area contributed by atoms with Crippen molar-refractivity contribution in [3.63, 3.8) is 0 Å². The van der Waals surface area contributed by atoms with Crippen molar-refractivity contribution in [1.82, 2.24) is 4.31 Å². The molecule has 2 heterocycles. The lowest BCUT2D eigenvalue weighted by molar-refractivity contribution is 0.0491. The van der Waals surface area contributed by atoms with Crippen molar-refractivity contribution in [3.8, 4) is 0 Å². The van der Waals surface area contributed by atoms with Crippen LogP contribution in [0.15, 0.2) is 27.5 Å². The van der Waals surface area contributed by atoms with Crippen molar-refractivity contribution in [3.05, 3.63) is 29.5 Å². The third-order valence-electron chi connectivity index (χ3n) is 4.59. The molecular formula is C17H23ClN2O5S. The fourth-order valence-corrected chi connectivity index (χ4v) is 4.67. The highest BCUT2D eigenvalue weighted by Crippen LogP contribution is 2.30. The largest absolute Gasteiger partial charge is 0.460 e. The maximum Gasteiger partial charge on any atom is 0.374 e. The highest BCUT2D eigenvalue weighted by molar-refractivity contribution is 7.89. The van der Waals surface area contributed by atoms with Crippen molar-refractivity contribution in [2.75, 3.05) is 26.2 Å². The van der Waals surface area contributed by atoms with Gasteiger partial charge < -0.3 is 14.9 Å². The number of rotatable bonds is 5. The molecule has 1 aliphatic rings. The van der Waals surface area contributed by atoms with E-state index in [2.05, 4.69) is 0 Å². The Kier molecular flexibility index (Phi) is 6.33. The number of sulfonamides is 1. The van der Waals surface area contributed by atoms with Gasteiger partial charge in [0.05, 0.1) is 11.5 Å². The van der Waals surface area contributed by atoms with Crippen LogP contribution in [0.25, 0.3) is 11.0 Å². The van der Waals surface area contributed by atoms with Gasteiger partial charge in [-0.15, -0.1) is 12.4 Å². The molecule has 2 aromatic rings. The fraction of sp³-hybridized carbons (Fsp3) is 0.471. The quantitative estimate of drug-likeness (QED) is 0.770. The summed E-state index contributed by atoms with van der Waals surface area (Å²) >= 11 is 0. The maximum atomic E-state index is 12.9. The normalized spacial score (nSPS) is 18.0. The Bertz CT molecular complexity index is 909. The number of nitrogens with two attached hydrogens (primary N) is 1. The van der Waals surface area contributed by atoms with E-state index in [1.807, 2.05) is 0 Å². The molecule has 1 aliphatic heterocycles. The van der Waals surface area contributed by atoms with Crippen LogP contribution >= 0.6 is 12.4 Å². The zero-order chi connectivity index (χ0) is 18.2. The predicted octanol–water partition coefficient (Wildman–Crippen LogP) is 2.31. The molecule has 0 saturated carbocycles. The number of furan rings is 1. The van der Waals surface area contributed by atoms with Gasteiger partial charge in [0, 0.05) is 24.0 Å². The highest BCUT2D eigenvalue weighted by Gasteiger charge is 2.32. The van der Waals surface area contributed by atoms with Gasteiger partial charge in [-0.2, -0.15) is 4.31 Å². The summed E-state index contributed by atoms with van der Waals surface area (Å²) in [7, 11) is -3.59. The highest BCUT2D eigenvalue weighted by atomic mass is 35.5. The zero-order valence-electron chi connectivity index (χ0n) is 14.7. The molecule has 1 fully saturated rings. The van der Waals surface area contributed by atoms with Crippen molar-refractivity contribution in [1.29, 1.82) is 0 Å². The summed E-state index contributed by atoms with van der Waals surface area (Å²) in [5.41, 5.74) is 6.69. The lowest BCUT2D eigenvalue weighted by Crippen LogP contribution is -2.30. The minimum Gasteiger partial charge on any atom is -0.460 e. The number of fused-ring (bicyclic) bond motifs is 1. The van der Waals surface area contributed by atoms with Crippen LogP contribution in [0.5, 0.6) is 0 Å². The lowest BCUT2D eigenvalue weighted by atomic mass is 10.1. The fourth-order valence-electron chi connectivity index (χ4n) is 3.11. The van der Waals surface area contributed by atoms with Crippen molar-refractivity contribution in [2.24, 2.45) is 11.7 Å². The van der Waals surface area contributed by atoms with E-state index < -0.39 is 16.0 Å². The van der Waals surface area contributed by atoms with E-state index in [1.165, 1.54) is 10.4 Å². The van der Waals surface area contributed by atoms with E-state index in [4.69, 9.17) is 14.9 Å². The van der Waals surface area contributed by atoms with E-state index in [0.29, 0.717) is 36.2 Å². The number of hydrogen-bond acceptors (Lipinski definition) is 6. The van der Waals surface area contributed by atoms with Crippen molar-refractivity contribution >= 4 is 39.4 Å². The summed E-state index contributed by atoms with van der Waals surface area (Å²) in [6.07, 6.45) is 0.774. The second-order valence-electron chi connectivity index (χ2n) is 6.19. The van der Waals surface area contributed by atoms with E-state index in [-0.39, 0.29) is 35.6 Å². The van der Waals surface area contributed by atoms with Gasteiger partial charge in [-0.3, -0.25) is 0 Å². The molecule has 3 rings (SSSR count). The number of carbonyl (C=O) groups is 1. The molecule has 26 heavy (non-hydrogen) atoms. The number of aryl methyl sites for hydroxylation is 1. The van der Waals surface area contributed by atoms with E-state index in [9.17, 15) is 13.2 Å². The van der Waals surface area contributed by atoms with Crippen molar-refractivity contribution in [2.45, 2.75) is 25.2 Å². The Labute approximate surface area is 158 Å².